The van der Waals surface area contributed by atoms with Crippen LogP contribution in [-0.4, -0.2) is 18.2 Å². The molecule has 0 bridgehead atoms. The number of nitrogens with two attached hydrogens (primary N) is 1. The maximum Gasteiger partial charge on any atom is 0.344 e. The lowest BCUT2D eigenvalue weighted by atomic mass is 10.2. The fourth-order valence-electron chi connectivity index (χ4n) is 1.22. The SMILES string of the molecule is Cc1ccc(OCC(=O)OC(C)(C)C)cc1N. The van der Waals surface area contributed by atoms with Crippen LogP contribution < -0.4 is 10.5 Å². The summed E-state index contributed by atoms with van der Waals surface area (Å²) in [7, 11) is 0. The molecule has 1 aromatic carbocycles. The number of nitrogen functional groups attached to an aromatic ring is 1. The van der Waals surface area contributed by atoms with E-state index in [9.17, 15) is 4.79 Å². The molecule has 0 spiro atoms. The van der Waals surface area contributed by atoms with E-state index >= 15 is 0 Å². The van der Waals surface area contributed by atoms with Gasteiger partial charge in [0.05, 0.1) is 0 Å². The van der Waals surface area contributed by atoms with Gasteiger partial charge >= 0.3 is 5.97 Å². The van der Waals surface area contributed by atoms with Crippen LogP contribution in [0.2, 0.25) is 0 Å². The molecular formula is C13H19NO3. The van der Waals surface area contributed by atoms with Gasteiger partial charge in [0.15, 0.2) is 6.61 Å². The van der Waals surface area contributed by atoms with Gasteiger partial charge in [0.1, 0.15) is 11.4 Å². The Balaban J connectivity index is 2.50. The number of carbonyl (C=O) groups is 1. The van der Waals surface area contributed by atoms with Crippen molar-refractivity contribution in [2.75, 3.05) is 12.3 Å². The first kappa shape index (κ1) is 13.4. The monoisotopic (exact) mass is 237 g/mol. The van der Waals surface area contributed by atoms with Gasteiger partial charge in [-0.05, 0) is 39.3 Å². The lowest BCUT2D eigenvalue weighted by molar-refractivity contribution is -0.157. The Morgan fingerprint density at radius 3 is 2.53 bits per heavy atom. The highest BCUT2D eigenvalue weighted by molar-refractivity contribution is 5.71. The van der Waals surface area contributed by atoms with E-state index in [0.29, 0.717) is 11.4 Å². The average molecular weight is 237 g/mol. The number of ether oxygens (including phenoxy) is 2. The molecule has 1 rings (SSSR count). The minimum absolute atomic E-state index is 0.111. The van der Waals surface area contributed by atoms with Crippen molar-refractivity contribution in [1.82, 2.24) is 0 Å². The Kier molecular flexibility index (Phi) is 3.99. The minimum Gasteiger partial charge on any atom is -0.482 e. The summed E-state index contributed by atoms with van der Waals surface area (Å²) >= 11 is 0. The summed E-state index contributed by atoms with van der Waals surface area (Å²) in [5.74, 6) is 0.176. The zero-order valence-electron chi connectivity index (χ0n) is 10.7. The number of rotatable bonds is 3. The molecule has 0 aliphatic rings. The van der Waals surface area contributed by atoms with Crippen molar-refractivity contribution in [2.24, 2.45) is 0 Å². The number of carbonyl (C=O) groups excluding carboxylic acids is 1. The second-order valence-electron chi connectivity index (χ2n) is 4.89. The van der Waals surface area contributed by atoms with Gasteiger partial charge in [-0.15, -0.1) is 0 Å². The smallest absolute Gasteiger partial charge is 0.344 e. The van der Waals surface area contributed by atoms with Crippen molar-refractivity contribution in [3.63, 3.8) is 0 Å². The third-order valence-corrected chi connectivity index (χ3v) is 2.03. The molecule has 0 aliphatic heterocycles. The molecular weight excluding hydrogens is 218 g/mol. The number of esters is 1. The second kappa shape index (κ2) is 5.08. The van der Waals surface area contributed by atoms with Crippen LogP contribution >= 0.6 is 0 Å². The van der Waals surface area contributed by atoms with E-state index in [-0.39, 0.29) is 6.61 Å². The molecule has 0 unspecified atom stereocenters. The van der Waals surface area contributed by atoms with Crippen molar-refractivity contribution in [3.05, 3.63) is 23.8 Å². The van der Waals surface area contributed by atoms with Crippen molar-refractivity contribution >= 4 is 11.7 Å². The van der Waals surface area contributed by atoms with Crippen LogP contribution in [0.25, 0.3) is 0 Å². The van der Waals surface area contributed by atoms with Gasteiger partial charge in [-0.3, -0.25) is 0 Å². The molecule has 0 saturated heterocycles. The van der Waals surface area contributed by atoms with Crippen LogP contribution in [0.1, 0.15) is 26.3 Å². The second-order valence-corrected chi connectivity index (χ2v) is 4.89. The van der Waals surface area contributed by atoms with Gasteiger partial charge in [-0.1, -0.05) is 6.07 Å². The van der Waals surface area contributed by atoms with Crippen LogP contribution in [-0.2, 0) is 9.53 Å². The van der Waals surface area contributed by atoms with E-state index in [1.807, 2.05) is 33.8 Å². The molecule has 0 aromatic heterocycles. The summed E-state index contributed by atoms with van der Waals surface area (Å²) in [4.78, 5) is 11.4. The summed E-state index contributed by atoms with van der Waals surface area (Å²) in [5.41, 5.74) is 6.87. The first-order chi connectivity index (χ1) is 7.78. The van der Waals surface area contributed by atoms with E-state index in [1.54, 1.807) is 12.1 Å². The van der Waals surface area contributed by atoms with Crippen LogP contribution in [0.3, 0.4) is 0 Å². The van der Waals surface area contributed by atoms with Gasteiger partial charge in [-0.2, -0.15) is 0 Å². The summed E-state index contributed by atoms with van der Waals surface area (Å²) in [6.45, 7) is 7.24. The number of aryl methyl sites for hydroxylation is 1. The van der Waals surface area contributed by atoms with Crippen LogP contribution in [0.15, 0.2) is 18.2 Å². The predicted molar refractivity (Wildman–Crippen MR) is 66.9 cm³/mol. The zero-order chi connectivity index (χ0) is 13.1. The highest BCUT2D eigenvalue weighted by Crippen LogP contribution is 2.19. The van der Waals surface area contributed by atoms with Gasteiger partial charge < -0.3 is 15.2 Å². The van der Waals surface area contributed by atoms with E-state index in [2.05, 4.69) is 0 Å². The lowest BCUT2D eigenvalue weighted by Gasteiger charge is -2.19. The standard InChI is InChI=1S/C13H19NO3/c1-9-5-6-10(7-11(9)14)16-8-12(15)17-13(2,3)4/h5-7H,8,14H2,1-4H3. The molecule has 0 saturated carbocycles. The van der Waals surface area contributed by atoms with Crippen molar-refractivity contribution in [3.8, 4) is 5.75 Å². The molecule has 17 heavy (non-hydrogen) atoms. The molecule has 0 aliphatic carbocycles. The topological polar surface area (TPSA) is 61.5 Å². The minimum atomic E-state index is -0.493. The first-order valence-corrected chi connectivity index (χ1v) is 5.49. The number of hydrogen-bond donors (Lipinski definition) is 1. The fourth-order valence-corrected chi connectivity index (χ4v) is 1.22. The molecule has 0 amide bonds. The Morgan fingerprint density at radius 1 is 1.35 bits per heavy atom. The van der Waals surface area contributed by atoms with Gasteiger partial charge in [0.2, 0.25) is 0 Å². The summed E-state index contributed by atoms with van der Waals surface area (Å²) in [6.07, 6.45) is 0. The van der Waals surface area contributed by atoms with Crippen LogP contribution in [0.5, 0.6) is 5.75 Å². The van der Waals surface area contributed by atoms with E-state index in [4.69, 9.17) is 15.2 Å². The Labute approximate surface area is 102 Å². The highest BCUT2D eigenvalue weighted by atomic mass is 16.6. The van der Waals surface area contributed by atoms with E-state index < -0.39 is 11.6 Å². The maximum absolute atomic E-state index is 11.4. The van der Waals surface area contributed by atoms with Crippen LogP contribution in [0.4, 0.5) is 5.69 Å². The molecule has 2 N–H and O–H groups in total. The Bertz CT molecular complexity index is 408. The largest absolute Gasteiger partial charge is 0.482 e. The number of benzene rings is 1. The van der Waals surface area contributed by atoms with Gasteiger partial charge in [0.25, 0.3) is 0 Å². The summed E-state index contributed by atoms with van der Waals surface area (Å²) < 4.78 is 10.4. The fraction of sp³-hybridized carbons (Fsp3) is 0.462. The molecule has 94 valence electrons. The number of anilines is 1. The highest BCUT2D eigenvalue weighted by Gasteiger charge is 2.16. The molecule has 1 aromatic rings. The molecule has 0 radical (unpaired) electrons. The maximum atomic E-state index is 11.4. The normalized spacial score (nSPS) is 11.1. The molecule has 0 fully saturated rings. The van der Waals surface area contributed by atoms with Crippen LogP contribution in [0, 0.1) is 6.92 Å². The molecule has 4 nitrogen and oxygen atoms in total. The average Bonchev–Trinajstić information content (AvgIpc) is 2.17. The van der Waals surface area contributed by atoms with E-state index in [0.717, 1.165) is 5.56 Å². The first-order valence-electron chi connectivity index (χ1n) is 5.49. The Morgan fingerprint density at radius 2 is 2.00 bits per heavy atom. The molecule has 0 heterocycles. The summed E-state index contributed by atoms with van der Waals surface area (Å²) in [5, 5.41) is 0. The van der Waals surface area contributed by atoms with E-state index in [1.165, 1.54) is 0 Å². The number of hydrogen-bond acceptors (Lipinski definition) is 4. The lowest BCUT2D eigenvalue weighted by Crippen LogP contribution is -2.27. The van der Waals surface area contributed by atoms with Crippen molar-refractivity contribution < 1.29 is 14.3 Å². The zero-order valence-corrected chi connectivity index (χ0v) is 10.7. The van der Waals surface area contributed by atoms with Crippen molar-refractivity contribution in [2.45, 2.75) is 33.3 Å². The molecule has 4 heteroatoms. The third-order valence-electron chi connectivity index (χ3n) is 2.03. The summed E-state index contributed by atoms with van der Waals surface area (Å²) in [6, 6.07) is 5.32. The molecule has 0 atom stereocenters. The van der Waals surface area contributed by atoms with Crippen molar-refractivity contribution in [1.29, 1.82) is 0 Å². The predicted octanol–water partition coefficient (Wildman–Crippen LogP) is 2.30. The van der Waals surface area contributed by atoms with Gasteiger partial charge in [-0.25, -0.2) is 4.79 Å². The van der Waals surface area contributed by atoms with Gasteiger partial charge in [0, 0.05) is 11.8 Å². The Hall–Kier alpha value is -1.71. The quantitative estimate of drug-likeness (QED) is 0.647. The third kappa shape index (κ3) is 4.76.